The van der Waals surface area contributed by atoms with E-state index in [0.717, 1.165) is 51.4 Å². The summed E-state index contributed by atoms with van der Waals surface area (Å²) in [5.74, 6) is -0.840. The number of allylic oxidation sites excluding steroid dienone is 2. The highest BCUT2D eigenvalue weighted by atomic mass is 31.2. The van der Waals surface area contributed by atoms with Crippen molar-refractivity contribution in [2.24, 2.45) is 0 Å². The normalized spacial score (nSPS) is 13.8. The summed E-state index contributed by atoms with van der Waals surface area (Å²) >= 11 is 0. The standard InChI is InChI=1S/C39H76NO8P/c1-6-8-10-12-14-16-18-20-22-24-26-28-30-32-39(42)48-37(36-47-49(43,44)46-34-33-40(3,4)5)35-45-38(41)31-29-27-25-23-21-19-17-15-13-11-9-7-2/h16,18,37H,6-15,17,19-36H2,1-5H3/b18-16-/t37-/m1/s1. The van der Waals surface area contributed by atoms with Gasteiger partial charge in [0.2, 0.25) is 0 Å². The van der Waals surface area contributed by atoms with Gasteiger partial charge in [-0.3, -0.25) is 14.2 Å². The van der Waals surface area contributed by atoms with E-state index in [9.17, 15) is 19.0 Å². The molecule has 0 saturated carbocycles. The quantitative estimate of drug-likeness (QED) is 0.0207. The molecular weight excluding hydrogens is 641 g/mol. The van der Waals surface area contributed by atoms with Gasteiger partial charge in [0, 0.05) is 12.8 Å². The number of quaternary nitrogens is 1. The van der Waals surface area contributed by atoms with Gasteiger partial charge in [-0.2, -0.15) is 0 Å². The summed E-state index contributed by atoms with van der Waals surface area (Å²) in [5.41, 5.74) is 0. The Labute approximate surface area is 301 Å². The summed E-state index contributed by atoms with van der Waals surface area (Å²) in [4.78, 5) is 37.3. The third-order valence-corrected chi connectivity index (χ3v) is 9.50. The number of phosphoric acid groups is 1. The van der Waals surface area contributed by atoms with Gasteiger partial charge in [-0.25, -0.2) is 0 Å². The first-order valence-corrected chi connectivity index (χ1v) is 21.4. The van der Waals surface area contributed by atoms with Crippen LogP contribution in [0.25, 0.3) is 0 Å². The van der Waals surface area contributed by atoms with Gasteiger partial charge in [-0.05, 0) is 38.5 Å². The van der Waals surface area contributed by atoms with Crippen LogP contribution in [-0.4, -0.2) is 70.0 Å². The van der Waals surface area contributed by atoms with Crippen molar-refractivity contribution in [1.29, 1.82) is 0 Å². The van der Waals surface area contributed by atoms with Crippen molar-refractivity contribution in [3.05, 3.63) is 12.2 Å². The fourth-order valence-corrected chi connectivity index (χ4v) is 6.08. The average Bonchev–Trinajstić information content (AvgIpc) is 3.04. The third-order valence-electron chi connectivity index (χ3n) is 8.54. The highest BCUT2D eigenvalue weighted by Gasteiger charge is 2.21. The highest BCUT2D eigenvalue weighted by Crippen LogP contribution is 2.38. The van der Waals surface area contributed by atoms with Gasteiger partial charge < -0.3 is 27.9 Å². The SMILES string of the molecule is CCCCCC/C=C\CCCCCCCC(=O)O[C@H](COC(=O)CCCCCCCCCCCCCC)COP(=O)([O-])OCC[N+](C)(C)C. The number of phosphoric ester groups is 1. The summed E-state index contributed by atoms with van der Waals surface area (Å²) in [6.45, 7) is 4.19. The number of hydrogen-bond acceptors (Lipinski definition) is 8. The highest BCUT2D eigenvalue weighted by molar-refractivity contribution is 7.45. The van der Waals surface area contributed by atoms with Gasteiger partial charge >= 0.3 is 11.9 Å². The van der Waals surface area contributed by atoms with Gasteiger partial charge in [0.25, 0.3) is 7.82 Å². The van der Waals surface area contributed by atoms with E-state index in [4.69, 9.17) is 18.5 Å². The summed E-state index contributed by atoms with van der Waals surface area (Å²) < 4.78 is 33.8. The number of rotatable bonds is 36. The maximum Gasteiger partial charge on any atom is 0.306 e. The van der Waals surface area contributed by atoms with Crippen LogP contribution in [0.1, 0.15) is 174 Å². The van der Waals surface area contributed by atoms with Gasteiger partial charge in [0.05, 0.1) is 27.7 Å². The Kier molecular flexibility index (Phi) is 31.8. The van der Waals surface area contributed by atoms with Crippen LogP contribution in [0, 0.1) is 0 Å². The molecule has 0 rings (SSSR count). The average molecular weight is 718 g/mol. The van der Waals surface area contributed by atoms with Gasteiger partial charge in [-0.15, -0.1) is 0 Å². The second-order valence-electron chi connectivity index (χ2n) is 14.7. The monoisotopic (exact) mass is 718 g/mol. The second kappa shape index (κ2) is 32.6. The van der Waals surface area contributed by atoms with Crippen molar-refractivity contribution in [2.75, 3.05) is 47.5 Å². The van der Waals surface area contributed by atoms with Gasteiger partial charge in [-0.1, -0.05) is 135 Å². The van der Waals surface area contributed by atoms with Crippen LogP contribution in [-0.2, 0) is 32.7 Å². The van der Waals surface area contributed by atoms with Crippen LogP contribution < -0.4 is 4.89 Å². The zero-order valence-electron chi connectivity index (χ0n) is 32.4. The van der Waals surface area contributed by atoms with Crippen LogP contribution >= 0.6 is 7.82 Å². The predicted molar refractivity (Wildman–Crippen MR) is 199 cm³/mol. The lowest BCUT2D eigenvalue weighted by Crippen LogP contribution is -2.37. The van der Waals surface area contributed by atoms with E-state index in [0.29, 0.717) is 17.4 Å². The molecule has 0 aliphatic carbocycles. The molecule has 49 heavy (non-hydrogen) atoms. The number of carbonyl (C=O) groups is 2. The van der Waals surface area contributed by atoms with Crippen LogP contribution in [0.2, 0.25) is 0 Å². The molecule has 10 heteroatoms. The van der Waals surface area contributed by atoms with E-state index in [1.54, 1.807) is 0 Å². The van der Waals surface area contributed by atoms with Gasteiger partial charge in [0.15, 0.2) is 6.10 Å². The van der Waals surface area contributed by atoms with Crippen molar-refractivity contribution in [1.82, 2.24) is 0 Å². The van der Waals surface area contributed by atoms with Gasteiger partial charge in [0.1, 0.15) is 19.8 Å². The minimum Gasteiger partial charge on any atom is -0.756 e. The molecule has 0 aromatic rings. The molecule has 0 bridgehead atoms. The summed E-state index contributed by atoms with van der Waals surface area (Å²) in [7, 11) is 1.17. The predicted octanol–water partition coefficient (Wildman–Crippen LogP) is 10.00. The molecule has 0 aliphatic rings. The Hall–Kier alpha value is -1.25. The number of unbranched alkanes of at least 4 members (excludes halogenated alkanes) is 20. The molecule has 0 spiro atoms. The Morgan fingerprint density at radius 1 is 0.612 bits per heavy atom. The molecule has 0 amide bonds. The molecule has 0 saturated heterocycles. The lowest BCUT2D eigenvalue weighted by atomic mass is 10.0. The fourth-order valence-electron chi connectivity index (χ4n) is 5.35. The van der Waals surface area contributed by atoms with E-state index in [-0.39, 0.29) is 32.0 Å². The maximum atomic E-state index is 12.6. The molecule has 0 fully saturated rings. The minimum absolute atomic E-state index is 0.0297. The number of ether oxygens (including phenoxy) is 2. The molecule has 0 radical (unpaired) electrons. The van der Waals surface area contributed by atoms with E-state index >= 15 is 0 Å². The zero-order valence-corrected chi connectivity index (χ0v) is 33.3. The first-order valence-electron chi connectivity index (χ1n) is 19.9. The van der Waals surface area contributed by atoms with Crippen LogP contribution in [0.4, 0.5) is 0 Å². The topological polar surface area (TPSA) is 111 Å². The molecule has 1 unspecified atom stereocenters. The lowest BCUT2D eigenvalue weighted by Gasteiger charge is -2.28. The summed E-state index contributed by atoms with van der Waals surface area (Å²) in [5, 5.41) is 0. The Morgan fingerprint density at radius 3 is 1.53 bits per heavy atom. The first kappa shape index (κ1) is 47.8. The Morgan fingerprint density at radius 2 is 1.04 bits per heavy atom. The van der Waals surface area contributed by atoms with Crippen molar-refractivity contribution < 1.29 is 42.1 Å². The first-order chi connectivity index (χ1) is 23.5. The molecule has 0 heterocycles. The number of esters is 2. The second-order valence-corrected chi connectivity index (χ2v) is 16.1. The van der Waals surface area contributed by atoms with E-state index in [1.807, 2.05) is 21.1 Å². The number of nitrogens with zero attached hydrogens (tertiary/aromatic N) is 1. The van der Waals surface area contributed by atoms with Crippen LogP contribution in [0.3, 0.4) is 0 Å². The smallest absolute Gasteiger partial charge is 0.306 e. The maximum absolute atomic E-state index is 12.6. The zero-order chi connectivity index (χ0) is 36.5. The lowest BCUT2D eigenvalue weighted by molar-refractivity contribution is -0.870. The van der Waals surface area contributed by atoms with Crippen molar-refractivity contribution in [2.45, 2.75) is 180 Å². The molecule has 0 aromatic heterocycles. The van der Waals surface area contributed by atoms with E-state index in [1.165, 1.54) is 89.9 Å². The number of hydrogen-bond donors (Lipinski definition) is 0. The molecule has 290 valence electrons. The molecule has 9 nitrogen and oxygen atoms in total. The Balaban J connectivity index is 4.42. The molecular formula is C39H76NO8P. The minimum atomic E-state index is -4.61. The molecule has 0 aromatic carbocycles. The summed E-state index contributed by atoms with van der Waals surface area (Å²) in [6.07, 6.45) is 30.9. The van der Waals surface area contributed by atoms with Crippen LogP contribution in [0.15, 0.2) is 12.2 Å². The molecule has 0 aliphatic heterocycles. The Bertz CT molecular complexity index is 860. The van der Waals surface area contributed by atoms with E-state index in [2.05, 4.69) is 26.0 Å². The number of carbonyl (C=O) groups excluding carboxylic acids is 2. The van der Waals surface area contributed by atoms with Crippen molar-refractivity contribution in [3.8, 4) is 0 Å². The largest absolute Gasteiger partial charge is 0.756 e. The van der Waals surface area contributed by atoms with E-state index < -0.39 is 26.5 Å². The third kappa shape index (κ3) is 36.3. The van der Waals surface area contributed by atoms with Crippen molar-refractivity contribution >= 4 is 19.8 Å². The molecule has 2 atom stereocenters. The van der Waals surface area contributed by atoms with Crippen molar-refractivity contribution in [3.63, 3.8) is 0 Å². The summed E-state index contributed by atoms with van der Waals surface area (Å²) in [6, 6.07) is 0. The molecule has 0 N–H and O–H groups in total. The number of likely N-dealkylation sites (N-methyl/N-ethyl adjacent to an activating group) is 1. The van der Waals surface area contributed by atoms with Crippen LogP contribution in [0.5, 0.6) is 0 Å². The fraction of sp³-hybridized carbons (Fsp3) is 0.897.